The number of hydrogen-bond donors (Lipinski definition) is 2. The zero-order valence-corrected chi connectivity index (χ0v) is 13.8. The quantitative estimate of drug-likeness (QED) is 0.510. The fourth-order valence-electron chi connectivity index (χ4n) is 3.07. The fraction of sp³-hybridized carbons (Fsp3) is 0.200. The van der Waals surface area contributed by atoms with Crippen LogP contribution in [0.25, 0.3) is 5.76 Å². The summed E-state index contributed by atoms with van der Waals surface area (Å²) in [6, 6.07) is 15.4. The first kappa shape index (κ1) is 16.9. The molecule has 1 fully saturated rings. The molecule has 0 bridgehead atoms. The van der Waals surface area contributed by atoms with Gasteiger partial charge in [-0.2, -0.15) is 0 Å². The number of aliphatic hydroxyl groups is 2. The molecule has 1 saturated heterocycles. The Morgan fingerprint density at radius 1 is 1.04 bits per heavy atom. The zero-order chi connectivity index (χ0) is 18.0. The summed E-state index contributed by atoms with van der Waals surface area (Å²) in [5.74, 6) is -1.65. The topological polar surface area (TPSA) is 77.8 Å². The van der Waals surface area contributed by atoms with Gasteiger partial charge in [0.1, 0.15) is 5.76 Å². The van der Waals surface area contributed by atoms with Crippen molar-refractivity contribution in [3.63, 3.8) is 0 Å². The maximum atomic E-state index is 12.6. The number of hydrogen-bond acceptors (Lipinski definition) is 4. The molecule has 0 radical (unpaired) electrons. The summed E-state index contributed by atoms with van der Waals surface area (Å²) < 4.78 is 0. The lowest BCUT2D eigenvalue weighted by molar-refractivity contribution is -0.140. The minimum absolute atomic E-state index is 0.0226. The predicted octanol–water partition coefficient (Wildman–Crippen LogP) is 2.41. The minimum atomic E-state index is -0.736. The number of carbonyl (C=O) groups excluding carboxylic acids is 2. The smallest absolute Gasteiger partial charge is 0.295 e. The fourth-order valence-corrected chi connectivity index (χ4v) is 3.07. The third-order valence-corrected chi connectivity index (χ3v) is 4.32. The van der Waals surface area contributed by atoms with E-state index in [-0.39, 0.29) is 24.5 Å². The predicted molar refractivity (Wildman–Crippen MR) is 93.7 cm³/mol. The number of nitrogens with zero attached hydrogens (tertiary/aromatic N) is 1. The van der Waals surface area contributed by atoms with Crippen molar-refractivity contribution >= 4 is 17.4 Å². The van der Waals surface area contributed by atoms with Gasteiger partial charge in [-0.3, -0.25) is 9.59 Å². The number of ketones is 1. The van der Waals surface area contributed by atoms with E-state index in [2.05, 4.69) is 0 Å². The van der Waals surface area contributed by atoms with Gasteiger partial charge in [0.15, 0.2) is 0 Å². The molecule has 5 heteroatoms. The highest BCUT2D eigenvalue weighted by Crippen LogP contribution is 2.38. The summed E-state index contributed by atoms with van der Waals surface area (Å²) in [4.78, 5) is 26.3. The largest absolute Gasteiger partial charge is 0.507 e. The Bertz CT molecular complexity index is 825. The standard InChI is InChI=1S/C20H19NO4/c1-13-7-9-15(10-8-13)18(23)16-17(14-5-3-2-4-6-14)21(11-12-22)20(25)19(16)24/h2-10,17,22-23H,11-12H2,1H3/b18-16+. The van der Waals surface area contributed by atoms with Crippen molar-refractivity contribution in [3.8, 4) is 0 Å². The summed E-state index contributed by atoms with van der Waals surface area (Å²) in [5.41, 5.74) is 2.27. The SMILES string of the molecule is Cc1ccc(/C(O)=C2\C(=O)C(=O)N(CCO)C2c2ccccc2)cc1. The average molecular weight is 337 g/mol. The number of likely N-dealkylation sites (tertiary alicyclic amines) is 1. The lowest BCUT2D eigenvalue weighted by Crippen LogP contribution is -2.32. The van der Waals surface area contributed by atoms with Gasteiger partial charge in [0.25, 0.3) is 11.7 Å². The highest BCUT2D eigenvalue weighted by atomic mass is 16.3. The Hall–Kier alpha value is -2.92. The monoisotopic (exact) mass is 337 g/mol. The Kier molecular flexibility index (Phi) is 4.67. The molecule has 0 spiro atoms. The van der Waals surface area contributed by atoms with Gasteiger partial charge in [-0.05, 0) is 12.5 Å². The molecule has 1 heterocycles. The van der Waals surface area contributed by atoms with Gasteiger partial charge < -0.3 is 15.1 Å². The van der Waals surface area contributed by atoms with E-state index in [0.717, 1.165) is 5.56 Å². The molecule has 128 valence electrons. The van der Waals surface area contributed by atoms with Crippen LogP contribution in [0.15, 0.2) is 60.2 Å². The number of aliphatic hydroxyl groups excluding tert-OH is 2. The van der Waals surface area contributed by atoms with E-state index in [1.54, 1.807) is 36.4 Å². The van der Waals surface area contributed by atoms with E-state index < -0.39 is 17.7 Å². The molecule has 1 amide bonds. The molecular formula is C20H19NO4. The van der Waals surface area contributed by atoms with Crippen LogP contribution in [0.5, 0.6) is 0 Å². The van der Waals surface area contributed by atoms with Crippen LogP contribution in [0.3, 0.4) is 0 Å². The van der Waals surface area contributed by atoms with E-state index in [9.17, 15) is 19.8 Å². The first-order chi connectivity index (χ1) is 12.0. The Morgan fingerprint density at radius 3 is 2.28 bits per heavy atom. The summed E-state index contributed by atoms with van der Waals surface area (Å²) >= 11 is 0. The van der Waals surface area contributed by atoms with Crippen LogP contribution in [0.4, 0.5) is 0 Å². The van der Waals surface area contributed by atoms with Crippen molar-refractivity contribution in [2.24, 2.45) is 0 Å². The van der Waals surface area contributed by atoms with Crippen molar-refractivity contribution in [1.82, 2.24) is 4.90 Å². The number of amides is 1. The van der Waals surface area contributed by atoms with Crippen LogP contribution in [0.2, 0.25) is 0 Å². The third-order valence-electron chi connectivity index (χ3n) is 4.32. The molecule has 0 aromatic heterocycles. The summed E-state index contributed by atoms with van der Waals surface area (Å²) in [6.45, 7) is 1.68. The molecule has 0 saturated carbocycles. The first-order valence-electron chi connectivity index (χ1n) is 8.06. The molecule has 1 aliphatic heterocycles. The number of β-amino-alcohol motifs (C(OH)–C–C–N with tert-alkyl or cyclic N) is 1. The molecule has 1 atom stereocenters. The van der Waals surface area contributed by atoms with Crippen LogP contribution < -0.4 is 0 Å². The molecule has 2 N–H and O–H groups in total. The van der Waals surface area contributed by atoms with Crippen molar-refractivity contribution in [2.45, 2.75) is 13.0 Å². The van der Waals surface area contributed by atoms with E-state index in [1.165, 1.54) is 4.90 Å². The lowest BCUT2D eigenvalue weighted by atomic mass is 9.95. The second kappa shape index (κ2) is 6.91. The van der Waals surface area contributed by atoms with Gasteiger partial charge in [0.05, 0.1) is 18.2 Å². The summed E-state index contributed by atoms with van der Waals surface area (Å²) in [6.07, 6.45) is 0. The van der Waals surface area contributed by atoms with E-state index >= 15 is 0 Å². The molecule has 2 aromatic carbocycles. The third kappa shape index (κ3) is 3.06. The summed E-state index contributed by atoms with van der Waals surface area (Å²) in [7, 11) is 0. The molecule has 3 rings (SSSR count). The lowest BCUT2D eigenvalue weighted by Gasteiger charge is -2.24. The van der Waals surface area contributed by atoms with Gasteiger partial charge in [-0.1, -0.05) is 60.2 Å². The maximum absolute atomic E-state index is 12.6. The number of rotatable bonds is 4. The highest BCUT2D eigenvalue weighted by Gasteiger charge is 2.45. The van der Waals surface area contributed by atoms with Gasteiger partial charge >= 0.3 is 0 Å². The molecule has 1 aliphatic rings. The minimum Gasteiger partial charge on any atom is -0.507 e. The average Bonchev–Trinajstić information content (AvgIpc) is 2.88. The van der Waals surface area contributed by atoms with Gasteiger partial charge in [-0.25, -0.2) is 0 Å². The maximum Gasteiger partial charge on any atom is 0.295 e. The Morgan fingerprint density at radius 2 is 1.68 bits per heavy atom. The normalized spacial score (nSPS) is 19.4. The van der Waals surface area contributed by atoms with Crippen LogP contribution in [0.1, 0.15) is 22.7 Å². The van der Waals surface area contributed by atoms with Gasteiger partial charge in [0.2, 0.25) is 0 Å². The van der Waals surface area contributed by atoms with Crippen LogP contribution >= 0.6 is 0 Å². The van der Waals surface area contributed by atoms with Crippen LogP contribution in [-0.4, -0.2) is 40.0 Å². The van der Waals surface area contributed by atoms with E-state index in [4.69, 9.17) is 0 Å². The first-order valence-corrected chi connectivity index (χ1v) is 8.06. The summed E-state index contributed by atoms with van der Waals surface area (Å²) in [5, 5.41) is 20.0. The van der Waals surface area contributed by atoms with Crippen LogP contribution in [0, 0.1) is 6.92 Å². The molecule has 1 unspecified atom stereocenters. The second-order valence-electron chi connectivity index (χ2n) is 5.99. The van der Waals surface area contributed by atoms with E-state index in [1.807, 2.05) is 25.1 Å². The zero-order valence-electron chi connectivity index (χ0n) is 13.8. The molecule has 2 aromatic rings. The van der Waals surface area contributed by atoms with Gasteiger partial charge in [-0.15, -0.1) is 0 Å². The Balaban J connectivity index is 2.17. The molecule has 0 aliphatic carbocycles. The molecule has 25 heavy (non-hydrogen) atoms. The van der Waals surface area contributed by atoms with Crippen molar-refractivity contribution in [1.29, 1.82) is 0 Å². The van der Waals surface area contributed by atoms with Crippen molar-refractivity contribution < 1.29 is 19.8 Å². The number of Topliss-reactive ketones (excluding diaryl/α,β-unsaturated/α-hetero) is 1. The second-order valence-corrected chi connectivity index (χ2v) is 5.99. The number of benzene rings is 2. The van der Waals surface area contributed by atoms with Crippen LogP contribution in [-0.2, 0) is 9.59 Å². The number of carbonyl (C=O) groups is 2. The highest BCUT2D eigenvalue weighted by molar-refractivity contribution is 6.46. The molecule has 5 nitrogen and oxygen atoms in total. The van der Waals surface area contributed by atoms with E-state index in [0.29, 0.717) is 11.1 Å². The van der Waals surface area contributed by atoms with Crippen molar-refractivity contribution in [3.05, 3.63) is 76.9 Å². The number of aryl methyl sites for hydroxylation is 1. The van der Waals surface area contributed by atoms with Crippen molar-refractivity contribution in [2.75, 3.05) is 13.2 Å². The Labute approximate surface area is 145 Å². The van der Waals surface area contributed by atoms with Gasteiger partial charge in [0, 0.05) is 12.1 Å². The molecular weight excluding hydrogens is 318 g/mol.